The van der Waals surface area contributed by atoms with E-state index in [1.165, 1.54) is 93.8 Å². The number of primary amides is 1. The summed E-state index contributed by atoms with van der Waals surface area (Å²) in [6.45, 7) is 5.42. The molecule has 0 unspecified atom stereocenters. The maximum Gasteiger partial charge on any atom is 0.246 e. The number of para-hydroxylation sites is 1. The van der Waals surface area contributed by atoms with Crippen molar-refractivity contribution < 1.29 is 87.5 Å². The van der Waals surface area contributed by atoms with E-state index in [0.29, 0.717) is 44.3 Å². The lowest BCUT2D eigenvalue weighted by atomic mass is 9.98. The third kappa shape index (κ3) is 27.1. The number of benzene rings is 6. The van der Waals surface area contributed by atoms with E-state index >= 15 is 14.4 Å². The Bertz CT molecular complexity index is 4670. The third-order valence-corrected chi connectivity index (χ3v) is 20.8. The topological polar surface area (TPSA) is 501 Å². The minimum atomic E-state index is -1.82. The maximum absolute atomic E-state index is 15.5. The van der Waals surface area contributed by atoms with E-state index in [4.69, 9.17) is 5.73 Å². The first-order valence-corrected chi connectivity index (χ1v) is 39.6. The van der Waals surface area contributed by atoms with Gasteiger partial charge in [0.05, 0.1) is 25.4 Å². The Labute approximate surface area is 686 Å². The predicted molar refractivity (Wildman–Crippen MR) is 438 cm³/mol. The van der Waals surface area contributed by atoms with Gasteiger partial charge in [-0.3, -0.25) is 67.1 Å². The van der Waals surface area contributed by atoms with Gasteiger partial charge in [0.15, 0.2) is 0 Å². The summed E-state index contributed by atoms with van der Waals surface area (Å²) < 4.78 is 0. The van der Waals surface area contributed by atoms with Gasteiger partial charge in [0.2, 0.25) is 82.7 Å². The molecule has 7 aromatic rings. The number of aliphatic hydroxyl groups is 1. The molecule has 1 aliphatic heterocycles. The monoisotopic (exact) mass is 1640 g/mol. The van der Waals surface area contributed by atoms with Crippen molar-refractivity contribution in [2.24, 2.45) is 17.6 Å². The Morgan fingerprint density at radius 3 is 1.43 bits per heavy atom. The minimum Gasteiger partial charge on any atom is -0.508 e. The van der Waals surface area contributed by atoms with Crippen molar-refractivity contribution in [1.29, 1.82) is 0 Å². The summed E-state index contributed by atoms with van der Waals surface area (Å²) in [4.78, 5) is 209. The predicted octanol–water partition coefficient (Wildman–Crippen LogP) is 0.237. The molecule has 6 aromatic carbocycles. The summed E-state index contributed by atoms with van der Waals surface area (Å²) in [5, 5.41) is 71.0. The van der Waals surface area contributed by atoms with E-state index in [9.17, 15) is 73.2 Å². The van der Waals surface area contributed by atoms with Crippen LogP contribution in [0.25, 0.3) is 10.9 Å². The first-order chi connectivity index (χ1) is 56.2. The van der Waals surface area contributed by atoms with Crippen LogP contribution in [-0.2, 0) is 106 Å². The lowest BCUT2D eigenvalue weighted by Gasteiger charge is -2.35. The highest BCUT2D eigenvalue weighted by Crippen LogP contribution is 2.23. The number of rotatable bonds is 19. The number of thioether (sulfide) groups is 1. The van der Waals surface area contributed by atoms with E-state index in [0.717, 1.165) is 21.6 Å². The minimum absolute atomic E-state index is 0.0422. The molecule has 2 heterocycles. The standard InChI is InChI=1S/C84H103N15O18S/c1-47(2)34-61-81(114)97-73(48(3)4)82(115)93-64(37-53-24-30-57(102)31-25-53)79(112)95-67(44-100)75(108)88-43-71(105)89-65(40-55-41-86-60-21-15-14-20-59(55)60)80(113)94-66(38-54-26-32-58(103)33-27-54)83(116)99(7)69(39-51-18-12-9-13-19-51)84(117)98(6)49(5)74(107)96-68(76(109)87-42-70(85)104)45-118-46-72(106)90-62(35-50-16-10-8-11-17-50)77(110)92-63(78(111)91-61)36-52-22-28-56(101)29-23-52/h8-33,41,47-49,61-69,73,86,100-103H,34-40,42-46H2,1-7H3,(H2,85,104)(H,87,109)(H,88,108)(H,89,105)(H,90,106)(H,91,111)(H,92,110)(H,93,115)(H,94,113)(H,95,112)(H,96,107)(H,97,114)/t49-,61-,62-,63-,64-,65-,66-,67-,68-,69-,73-/m0/s1. The zero-order chi connectivity index (χ0) is 85.9. The SMILES string of the molecule is CC(C)C[C@@H]1NC(=O)[C@H](Cc2ccc(O)cc2)NC(=O)[C@H](Cc2ccccc2)NC(=O)CSC[C@@H](C(=O)NCC(N)=O)NC(=O)[C@H](C)N(C)C(=O)[C@H](Cc2ccccc2)N(C)C(=O)[C@H](Cc2ccc(O)cc2)NC(=O)[C@H](Cc2c[nH]c3ccccc23)NC(=O)CNC(=O)[C@H](CO)NC(=O)[C@H](Cc2ccc(O)cc2)NC(=O)[C@H](C(C)C)NC1=O. The number of phenols is 3. The highest BCUT2D eigenvalue weighted by Gasteiger charge is 2.40. The number of nitrogens with two attached hydrogens (primary N) is 1. The molecule has 11 atom stereocenters. The van der Waals surface area contributed by atoms with Gasteiger partial charge < -0.3 is 99.4 Å². The van der Waals surface area contributed by atoms with Crippen LogP contribution in [0.2, 0.25) is 0 Å². The fourth-order valence-electron chi connectivity index (χ4n) is 13.1. The zero-order valence-corrected chi connectivity index (χ0v) is 67.3. The average molecular weight is 1640 g/mol. The largest absolute Gasteiger partial charge is 0.508 e. The number of likely N-dealkylation sites (N-methyl/N-ethyl adjacent to an activating group) is 2. The molecule has 1 aliphatic rings. The number of aromatic nitrogens is 1. The number of H-pyrrole nitrogens is 1. The van der Waals surface area contributed by atoms with E-state index in [2.05, 4.69) is 63.5 Å². The average Bonchev–Trinajstić information content (AvgIpc) is 1.45. The Morgan fingerprint density at radius 2 is 0.915 bits per heavy atom. The van der Waals surface area contributed by atoms with E-state index in [1.807, 2.05) is 0 Å². The normalized spacial score (nSPS) is 22.3. The quantitative estimate of drug-likeness (QED) is 0.0515. The molecule has 628 valence electrons. The van der Waals surface area contributed by atoms with Crippen LogP contribution in [0.4, 0.5) is 0 Å². The molecule has 34 heteroatoms. The van der Waals surface area contributed by atoms with Crippen molar-refractivity contribution in [2.45, 2.75) is 146 Å². The Kier molecular flexibility index (Phi) is 33.6. The van der Waals surface area contributed by atoms with Gasteiger partial charge in [-0.1, -0.05) is 143 Å². The molecular formula is C84H103N15O18S. The molecule has 8 rings (SSSR count). The molecular weight excluding hydrogens is 1540 g/mol. The lowest BCUT2D eigenvalue weighted by molar-refractivity contribution is -0.148. The van der Waals surface area contributed by atoms with Crippen molar-refractivity contribution in [1.82, 2.24) is 73.3 Å². The molecule has 1 aromatic heterocycles. The Hall–Kier alpha value is -12.9. The maximum atomic E-state index is 15.5. The molecule has 18 N–H and O–H groups in total. The molecule has 1 fully saturated rings. The highest BCUT2D eigenvalue weighted by molar-refractivity contribution is 8.00. The molecule has 118 heavy (non-hydrogen) atoms. The summed E-state index contributed by atoms with van der Waals surface area (Å²) in [5.41, 5.74) is 8.91. The Balaban J connectivity index is 1.18. The van der Waals surface area contributed by atoms with Gasteiger partial charge in [-0.2, -0.15) is 0 Å². The molecule has 1 saturated heterocycles. The van der Waals surface area contributed by atoms with E-state index in [1.54, 1.807) is 119 Å². The van der Waals surface area contributed by atoms with Crippen molar-refractivity contribution >= 4 is 105 Å². The summed E-state index contributed by atoms with van der Waals surface area (Å²) in [6, 6.07) is 24.2. The van der Waals surface area contributed by atoms with Crippen molar-refractivity contribution in [3.05, 3.63) is 197 Å². The number of hydrogen-bond acceptors (Lipinski definition) is 19. The smallest absolute Gasteiger partial charge is 0.246 e. The fourth-order valence-corrected chi connectivity index (χ4v) is 13.9. The van der Waals surface area contributed by atoms with Gasteiger partial charge in [0.1, 0.15) is 83.7 Å². The first-order valence-electron chi connectivity index (χ1n) is 38.5. The fraction of sp³-hybridized carbons (Fsp3) is 0.381. The van der Waals surface area contributed by atoms with Crippen LogP contribution < -0.4 is 64.2 Å². The van der Waals surface area contributed by atoms with Crippen LogP contribution in [0.3, 0.4) is 0 Å². The molecule has 0 bridgehead atoms. The van der Waals surface area contributed by atoms with Crippen LogP contribution in [0.1, 0.15) is 74.4 Å². The number of nitrogens with one attached hydrogen (secondary N) is 12. The molecule has 14 amide bonds. The number of phenolic OH excluding ortho intramolecular Hbond substituents is 3. The number of carbonyl (C=O) groups is 14. The number of aromatic amines is 1. The summed E-state index contributed by atoms with van der Waals surface area (Å²) in [5.74, 6) is -15.2. The molecule has 33 nitrogen and oxygen atoms in total. The third-order valence-electron chi connectivity index (χ3n) is 19.8. The first kappa shape index (κ1) is 90.7. The van der Waals surface area contributed by atoms with Gasteiger partial charge in [-0.25, -0.2) is 0 Å². The molecule has 0 saturated carbocycles. The lowest BCUT2D eigenvalue weighted by Crippen LogP contribution is -2.61. The van der Waals surface area contributed by atoms with E-state index < -0.39 is 181 Å². The van der Waals surface area contributed by atoms with Crippen LogP contribution in [0, 0.1) is 11.8 Å². The Morgan fingerprint density at radius 1 is 0.475 bits per heavy atom. The summed E-state index contributed by atoms with van der Waals surface area (Å²) >= 11 is 0.821. The molecule has 0 spiro atoms. The number of hydrogen-bond donors (Lipinski definition) is 17. The van der Waals surface area contributed by atoms with Crippen molar-refractivity contribution in [3.8, 4) is 17.2 Å². The number of nitrogens with zero attached hydrogens (tertiary/aromatic N) is 2. The number of carbonyl (C=O) groups excluding carboxylic acids is 14. The van der Waals surface area contributed by atoms with Crippen molar-refractivity contribution in [2.75, 3.05) is 45.3 Å². The van der Waals surface area contributed by atoms with Gasteiger partial charge in [-0.15, -0.1) is 11.8 Å². The van der Waals surface area contributed by atoms with Crippen LogP contribution in [-0.4, -0.2) is 230 Å². The second-order valence-corrected chi connectivity index (χ2v) is 30.7. The number of amides is 14. The van der Waals surface area contributed by atoms with Gasteiger partial charge in [0.25, 0.3) is 0 Å². The summed E-state index contributed by atoms with van der Waals surface area (Å²) in [7, 11) is 2.60. The van der Waals surface area contributed by atoms with Crippen LogP contribution in [0.15, 0.2) is 164 Å². The van der Waals surface area contributed by atoms with Crippen LogP contribution in [0.5, 0.6) is 17.2 Å². The molecule has 0 radical (unpaired) electrons. The highest BCUT2D eigenvalue weighted by atomic mass is 32.2. The molecule has 0 aliphatic carbocycles. The van der Waals surface area contributed by atoms with Crippen LogP contribution >= 0.6 is 11.8 Å². The van der Waals surface area contributed by atoms with Gasteiger partial charge in [0, 0.05) is 75.5 Å². The number of aromatic hydroxyl groups is 3. The number of aliphatic hydroxyl groups excluding tert-OH is 1. The second-order valence-electron chi connectivity index (χ2n) is 29.7. The van der Waals surface area contributed by atoms with E-state index in [-0.39, 0.29) is 73.9 Å². The second kappa shape index (κ2) is 43.8. The summed E-state index contributed by atoms with van der Waals surface area (Å²) in [6.07, 6.45) is 0.153. The van der Waals surface area contributed by atoms with Crippen molar-refractivity contribution in [3.63, 3.8) is 0 Å². The van der Waals surface area contributed by atoms with Gasteiger partial charge in [-0.05, 0) is 101 Å². The number of fused-ring (bicyclic) bond motifs is 1. The van der Waals surface area contributed by atoms with Gasteiger partial charge >= 0.3 is 0 Å². The zero-order valence-electron chi connectivity index (χ0n) is 66.5.